The van der Waals surface area contributed by atoms with E-state index in [0.717, 1.165) is 0 Å². The highest BCUT2D eigenvalue weighted by Gasteiger charge is 2.32. The Balaban J connectivity index is 2.04. The number of nitrogens with zero attached hydrogens (tertiary/aromatic N) is 2. The summed E-state index contributed by atoms with van der Waals surface area (Å²) in [5.41, 5.74) is 0.829. The van der Waals surface area contributed by atoms with Gasteiger partial charge < -0.3 is 10.1 Å². The lowest BCUT2D eigenvalue weighted by Gasteiger charge is -2.31. The number of hydrogen-bond acceptors (Lipinski definition) is 5. The van der Waals surface area contributed by atoms with Crippen molar-refractivity contribution < 1.29 is 17.9 Å². The summed E-state index contributed by atoms with van der Waals surface area (Å²) < 4.78 is 30.7. The quantitative estimate of drug-likeness (QED) is 0.830. The van der Waals surface area contributed by atoms with E-state index in [4.69, 9.17) is 10.00 Å². The lowest BCUT2D eigenvalue weighted by atomic mass is 9.98. The zero-order chi connectivity index (χ0) is 17.6. The average molecular weight is 351 g/mol. The SMILES string of the molecule is COCCS(=O)(=O)N1CCCC(C(=O)Nc2ccccc2C#N)C1. The molecule has 1 fully saturated rings. The molecule has 8 heteroatoms. The first kappa shape index (κ1) is 18.4. The fourth-order valence-corrected chi connectivity index (χ4v) is 4.10. The van der Waals surface area contributed by atoms with Gasteiger partial charge in [-0.25, -0.2) is 12.7 Å². The summed E-state index contributed by atoms with van der Waals surface area (Å²) in [6.45, 7) is 0.711. The van der Waals surface area contributed by atoms with E-state index >= 15 is 0 Å². The zero-order valence-electron chi connectivity index (χ0n) is 13.6. The summed E-state index contributed by atoms with van der Waals surface area (Å²) in [5, 5.41) is 11.8. The smallest absolute Gasteiger partial charge is 0.228 e. The third-order valence-corrected chi connectivity index (χ3v) is 5.80. The number of piperidine rings is 1. The summed E-state index contributed by atoms with van der Waals surface area (Å²) in [4.78, 5) is 12.5. The number of methoxy groups -OCH3 is 1. The van der Waals surface area contributed by atoms with Crippen molar-refractivity contribution in [3.8, 4) is 6.07 Å². The van der Waals surface area contributed by atoms with Crippen LogP contribution in [0.15, 0.2) is 24.3 Å². The van der Waals surface area contributed by atoms with E-state index < -0.39 is 15.9 Å². The molecule has 0 aliphatic carbocycles. The minimum atomic E-state index is -3.42. The number of benzene rings is 1. The van der Waals surface area contributed by atoms with Crippen molar-refractivity contribution in [3.63, 3.8) is 0 Å². The van der Waals surface area contributed by atoms with Gasteiger partial charge in [-0.3, -0.25) is 4.79 Å². The van der Waals surface area contributed by atoms with E-state index in [0.29, 0.717) is 30.6 Å². The first-order valence-corrected chi connectivity index (χ1v) is 9.35. The largest absolute Gasteiger partial charge is 0.384 e. The maximum absolute atomic E-state index is 12.5. The number of anilines is 1. The Kier molecular flexibility index (Phi) is 6.31. The monoisotopic (exact) mass is 351 g/mol. The van der Waals surface area contributed by atoms with Gasteiger partial charge in [0.15, 0.2) is 0 Å². The Morgan fingerprint density at radius 1 is 1.46 bits per heavy atom. The van der Waals surface area contributed by atoms with Gasteiger partial charge in [-0.1, -0.05) is 12.1 Å². The number of carbonyl (C=O) groups excluding carboxylic acids is 1. The lowest BCUT2D eigenvalue weighted by Crippen LogP contribution is -2.45. The van der Waals surface area contributed by atoms with Crippen molar-refractivity contribution in [2.24, 2.45) is 5.92 Å². The molecule has 2 rings (SSSR count). The summed E-state index contributed by atoms with van der Waals surface area (Å²) in [6, 6.07) is 8.76. The molecule has 1 aliphatic rings. The van der Waals surface area contributed by atoms with Crippen LogP contribution in [0.25, 0.3) is 0 Å². The molecule has 24 heavy (non-hydrogen) atoms. The van der Waals surface area contributed by atoms with Crippen LogP contribution in [0.1, 0.15) is 18.4 Å². The zero-order valence-corrected chi connectivity index (χ0v) is 14.4. The van der Waals surface area contributed by atoms with E-state index in [1.54, 1.807) is 24.3 Å². The van der Waals surface area contributed by atoms with E-state index in [1.165, 1.54) is 11.4 Å². The molecule has 0 aromatic heterocycles. The minimum absolute atomic E-state index is 0.0882. The van der Waals surface area contributed by atoms with Crippen LogP contribution in [0.4, 0.5) is 5.69 Å². The molecule has 1 unspecified atom stereocenters. The van der Waals surface area contributed by atoms with E-state index in [-0.39, 0.29) is 24.8 Å². The van der Waals surface area contributed by atoms with Crippen LogP contribution in [0.2, 0.25) is 0 Å². The van der Waals surface area contributed by atoms with Gasteiger partial charge >= 0.3 is 0 Å². The lowest BCUT2D eigenvalue weighted by molar-refractivity contribution is -0.120. The maximum Gasteiger partial charge on any atom is 0.228 e. The first-order chi connectivity index (χ1) is 11.5. The number of nitrogens with one attached hydrogen (secondary N) is 1. The van der Waals surface area contributed by atoms with E-state index in [1.807, 2.05) is 6.07 Å². The molecular weight excluding hydrogens is 330 g/mol. The number of rotatable bonds is 6. The van der Waals surface area contributed by atoms with Crippen molar-refractivity contribution in [2.45, 2.75) is 12.8 Å². The maximum atomic E-state index is 12.5. The van der Waals surface area contributed by atoms with Gasteiger partial charge in [-0.05, 0) is 25.0 Å². The van der Waals surface area contributed by atoms with Crippen LogP contribution < -0.4 is 5.32 Å². The highest BCUT2D eigenvalue weighted by molar-refractivity contribution is 7.89. The van der Waals surface area contributed by atoms with Crippen LogP contribution in [0.5, 0.6) is 0 Å². The molecule has 130 valence electrons. The van der Waals surface area contributed by atoms with Gasteiger partial charge in [0.2, 0.25) is 15.9 Å². The number of carbonyl (C=O) groups is 1. The van der Waals surface area contributed by atoms with Crippen molar-refractivity contribution in [1.29, 1.82) is 5.26 Å². The van der Waals surface area contributed by atoms with Gasteiger partial charge in [-0.15, -0.1) is 0 Å². The molecule has 7 nitrogen and oxygen atoms in total. The van der Waals surface area contributed by atoms with Gasteiger partial charge in [0.1, 0.15) is 6.07 Å². The van der Waals surface area contributed by atoms with Crippen LogP contribution >= 0.6 is 0 Å². The van der Waals surface area contributed by atoms with Gasteiger partial charge in [0.25, 0.3) is 0 Å². The van der Waals surface area contributed by atoms with Crippen molar-refractivity contribution in [3.05, 3.63) is 29.8 Å². The number of para-hydroxylation sites is 1. The number of nitriles is 1. The third kappa shape index (κ3) is 4.54. The molecule has 1 aliphatic heterocycles. The number of amides is 1. The second-order valence-electron chi connectivity index (χ2n) is 5.65. The normalized spacial score (nSPS) is 18.8. The van der Waals surface area contributed by atoms with Crippen LogP contribution in [0.3, 0.4) is 0 Å². The summed E-state index contributed by atoms with van der Waals surface area (Å²) in [6.07, 6.45) is 1.25. The molecule has 0 bridgehead atoms. The fourth-order valence-electron chi connectivity index (χ4n) is 2.65. The Labute approximate surface area is 142 Å². The van der Waals surface area contributed by atoms with Crippen LogP contribution in [-0.4, -0.2) is 51.2 Å². The van der Waals surface area contributed by atoms with Crippen molar-refractivity contribution in [1.82, 2.24) is 4.31 Å². The van der Waals surface area contributed by atoms with Crippen molar-refractivity contribution in [2.75, 3.05) is 37.9 Å². The van der Waals surface area contributed by atoms with Crippen molar-refractivity contribution >= 4 is 21.6 Å². The second kappa shape index (κ2) is 8.24. The highest BCUT2D eigenvalue weighted by atomic mass is 32.2. The molecule has 1 aromatic carbocycles. The highest BCUT2D eigenvalue weighted by Crippen LogP contribution is 2.22. The molecule has 1 amide bonds. The molecule has 1 atom stereocenters. The predicted molar refractivity (Wildman–Crippen MR) is 89.7 cm³/mol. The molecule has 1 heterocycles. The predicted octanol–water partition coefficient (Wildman–Crippen LogP) is 1.18. The van der Waals surface area contributed by atoms with E-state index in [9.17, 15) is 13.2 Å². The standard InChI is InChI=1S/C16H21N3O4S/c1-23-9-10-24(21,22)19-8-4-6-14(12-19)16(20)18-15-7-3-2-5-13(15)11-17/h2-3,5,7,14H,4,6,8-10,12H2,1H3,(H,18,20). The molecule has 1 N–H and O–H groups in total. The second-order valence-corrected chi connectivity index (χ2v) is 7.74. The molecule has 0 radical (unpaired) electrons. The summed E-state index contributed by atoms with van der Waals surface area (Å²) in [7, 11) is -1.97. The Morgan fingerprint density at radius 3 is 2.92 bits per heavy atom. The third-order valence-electron chi connectivity index (χ3n) is 4.00. The average Bonchev–Trinajstić information content (AvgIpc) is 2.60. The summed E-state index contributed by atoms with van der Waals surface area (Å²) >= 11 is 0. The van der Waals surface area contributed by atoms with Crippen LogP contribution in [0, 0.1) is 17.2 Å². The van der Waals surface area contributed by atoms with Crippen LogP contribution in [-0.2, 0) is 19.6 Å². The molecular formula is C16H21N3O4S. The van der Waals surface area contributed by atoms with Gasteiger partial charge in [-0.2, -0.15) is 5.26 Å². The van der Waals surface area contributed by atoms with E-state index in [2.05, 4.69) is 5.32 Å². The molecule has 1 aromatic rings. The minimum Gasteiger partial charge on any atom is -0.384 e. The Bertz CT molecular complexity index is 727. The Morgan fingerprint density at radius 2 is 2.21 bits per heavy atom. The number of hydrogen-bond donors (Lipinski definition) is 1. The molecule has 0 spiro atoms. The summed E-state index contributed by atoms with van der Waals surface area (Å²) in [5.74, 6) is -0.776. The molecule has 1 saturated heterocycles. The molecule has 0 saturated carbocycles. The number of ether oxygens (including phenoxy) is 1. The van der Waals surface area contributed by atoms with Gasteiger partial charge in [0, 0.05) is 20.2 Å². The fraction of sp³-hybridized carbons (Fsp3) is 0.500. The topological polar surface area (TPSA) is 99.5 Å². The van der Waals surface area contributed by atoms with Gasteiger partial charge in [0.05, 0.1) is 29.5 Å². The Hall–Kier alpha value is -1.95. The number of sulfonamides is 1. The first-order valence-electron chi connectivity index (χ1n) is 7.74.